The molecular weight excluding hydrogens is 344 g/mol. The zero-order chi connectivity index (χ0) is 15.1. The molecular formula is C16H11BrN4O. The number of nitrogens with zero attached hydrogens (tertiary/aromatic N) is 4. The summed E-state index contributed by atoms with van der Waals surface area (Å²) in [5, 5.41) is 13.1. The third kappa shape index (κ3) is 2.03. The summed E-state index contributed by atoms with van der Waals surface area (Å²) in [4.78, 5) is 0. The maximum atomic E-state index is 5.98. The Morgan fingerprint density at radius 2 is 1.91 bits per heavy atom. The van der Waals surface area contributed by atoms with Gasteiger partial charge in [-0.25, -0.2) is 0 Å². The number of halogens is 1. The Morgan fingerprint density at radius 1 is 1.09 bits per heavy atom. The molecule has 0 saturated heterocycles. The summed E-state index contributed by atoms with van der Waals surface area (Å²) in [6.07, 6.45) is 0. The normalized spacial score (nSPS) is 11.2. The Bertz CT molecular complexity index is 959. The quantitative estimate of drug-likeness (QED) is 0.542. The molecule has 0 saturated carbocycles. The van der Waals surface area contributed by atoms with Gasteiger partial charge in [0.1, 0.15) is 5.58 Å². The fraction of sp³-hybridized carbons (Fsp3) is 0.0625. The van der Waals surface area contributed by atoms with Crippen LogP contribution in [-0.4, -0.2) is 20.2 Å². The van der Waals surface area contributed by atoms with Gasteiger partial charge >= 0.3 is 0 Å². The van der Waals surface area contributed by atoms with E-state index in [0.29, 0.717) is 11.6 Å². The zero-order valence-electron chi connectivity index (χ0n) is 11.7. The Hall–Kier alpha value is -2.47. The van der Waals surface area contributed by atoms with Gasteiger partial charge in [0.2, 0.25) is 5.82 Å². The van der Waals surface area contributed by atoms with Crippen molar-refractivity contribution in [2.75, 3.05) is 0 Å². The fourth-order valence-corrected chi connectivity index (χ4v) is 2.84. The van der Waals surface area contributed by atoms with Crippen LogP contribution in [0.15, 0.2) is 57.4 Å². The molecule has 6 heteroatoms. The van der Waals surface area contributed by atoms with Crippen LogP contribution >= 0.6 is 15.9 Å². The SMILES string of the molecule is Cc1c(-c2nnnn2-c2ccccc2)oc2ccc(Br)cc12. The van der Waals surface area contributed by atoms with Crippen LogP contribution in [0.25, 0.3) is 28.2 Å². The average Bonchev–Trinajstić information content (AvgIpc) is 3.14. The van der Waals surface area contributed by atoms with Crippen LogP contribution in [0, 0.1) is 6.92 Å². The maximum absolute atomic E-state index is 5.98. The molecule has 108 valence electrons. The van der Waals surface area contributed by atoms with Crippen molar-refractivity contribution in [2.45, 2.75) is 6.92 Å². The predicted octanol–water partition coefficient (Wildman–Crippen LogP) is 4.15. The van der Waals surface area contributed by atoms with Gasteiger partial charge in [0, 0.05) is 15.4 Å². The Morgan fingerprint density at radius 3 is 2.73 bits per heavy atom. The number of para-hydroxylation sites is 1. The third-order valence-electron chi connectivity index (χ3n) is 3.57. The molecule has 0 unspecified atom stereocenters. The number of hydrogen-bond acceptors (Lipinski definition) is 4. The molecule has 22 heavy (non-hydrogen) atoms. The van der Waals surface area contributed by atoms with Crippen LogP contribution in [0.1, 0.15) is 5.56 Å². The number of hydrogen-bond donors (Lipinski definition) is 0. The minimum Gasteiger partial charge on any atom is -0.452 e. The molecule has 0 spiro atoms. The van der Waals surface area contributed by atoms with Crippen molar-refractivity contribution in [2.24, 2.45) is 0 Å². The minimum atomic E-state index is 0.594. The van der Waals surface area contributed by atoms with Crippen LogP contribution in [-0.2, 0) is 0 Å². The van der Waals surface area contributed by atoms with Gasteiger partial charge in [0.15, 0.2) is 5.76 Å². The molecule has 0 aliphatic rings. The summed E-state index contributed by atoms with van der Waals surface area (Å²) >= 11 is 3.49. The highest BCUT2D eigenvalue weighted by atomic mass is 79.9. The van der Waals surface area contributed by atoms with E-state index in [2.05, 4.69) is 31.5 Å². The lowest BCUT2D eigenvalue weighted by atomic mass is 10.1. The first-order valence-corrected chi connectivity index (χ1v) is 7.56. The van der Waals surface area contributed by atoms with Crippen molar-refractivity contribution < 1.29 is 4.42 Å². The Balaban J connectivity index is 1.94. The van der Waals surface area contributed by atoms with Crippen molar-refractivity contribution in [3.8, 4) is 17.3 Å². The van der Waals surface area contributed by atoms with Crippen LogP contribution in [0.3, 0.4) is 0 Å². The van der Waals surface area contributed by atoms with Crippen molar-refractivity contribution >= 4 is 26.9 Å². The predicted molar refractivity (Wildman–Crippen MR) is 86.8 cm³/mol. The molecule has 0 amide bonds. The molecule has 5 nitrogen and oxygen atoms in total. The molecule has 0 fully saturated rings. The lowest BCUT2D eigenvalue weighted by molar-refractivity contribution is 0.618. The van der Waals surface area contributed by atoms with E-state index in [0.717, 1.165) is 26.7 Å². The van der Waals surface area contributed by atoms with E-state index < -0.39 is 0 Å². The molecule has 0 atom stereocenters. The first-order valence-electron chi connectivity index (χ1n) is 6.77. The second kappa shape index (κ2) is 5.06. The van der Waals surface area contributed by atoms with Gasteiger partial charge in [-0.15, -0.1) is 5.10 Å². The zero-order valence-corrected chi connectivity index (χ0v) is 13.3. The molecule has 0 N–H and O–H groups in total. The molecule has 0 bridgehead atoms. The first kappa shape index (κ1) is 13.2. The standard InChI is InChI=1S/C16H11BrN4O/c1-10-13-9-11(17)7-8-14(13)22-15(10)16-18-19-20-21(16)12-5-3-2-4-6-12/h2-9H,1H3. The molecule has 2 heterocycles. The van der Waals surface area contributed by atoms with Gasteiger partial charge in [-0.2, -0.15) is 4.68 Å². The number of furan rings is 1. The summed E-state index contributed by atoms with van der Waals surface area (Å²) in [7, 11) is 0. The van der Waals surface area contributed by atoms with Gasteiger partial charge in [0.25, 0.3) is 0 Å². The molecule has 4 aromatic rings. The molecule has 4 rings (SSSR count). The third-order valence-corrected chi connectivity index (χ3v) is 4.06. The number of tetrazole rings is 1. The Kier molecular flexibility index (Phi) is 3.04. The molecule has 2 aromatic heterocycles. The Labute approximate surface area is 134 Å². The van der Waals surface area contributed by atoms with Gasteiger partial charge in [-0.3, -0.25) is 0 Å². The van der Waals surface area contributed by atoms with Crippen LogP contribution < -0.4 is 0 Å². The highest BCUT2D eigenvalue weighted by Crippen LogP contribution is 2.33. The first-order chi connectivity index (χ1) is 10.7. The van der Waals surface area contributed by atoms with Crippen molar-refractivity contribution in [1.29, 1.82) is 0 Å². The molecule has 2 aromatic carbocycles. The molecule has 0 aliphatic heterocycles. The second-order valence-corrected chi connectivity index (χ2v) is 5.86. The maximum Gasteiger partial charge on any atom is 0.222 e. The van der Waals surface area contributed by atoms with Crippen molar-refractivity contribution in [3.63, 3.8) is 0 Å². The fourth-order valence-electron chi connectivity index (χ4n) is 2.48. The summed E-state index contributed by atoms with van der Waals surface area (Å²) in [5.74, 6) is 1.28. The lowest BCUT2D eigenvalue weighted by Gasteiger charge is -2.02. The monoisotopic (exact) mass is 354 g/mol. The van der Waals surface area contributed by atoms with Crippen molar-refractivity contribution in [1.82, 2.24) is 20.2 Å². The highest BCUT2D eigenvalue weighted by molar-refractivity contribution is 9.10. The van der Waals surface area contributed by atoms with Gasteiger partial charge in [0.05, 0.1) is 5.69 Å². The van der Waals surface area contributed by atoms with E-state index in [1.807, 2.05) is 55.5 Å². The summed E-state index contributed by atoms with van der Waals surface area (Å²) in [6, 6.07) is 15.7. The number of fused-ring (bicyclic) bond motifs is 1. The highest BCUT2D eigenvalue weighted by Gasteiger charge is 2.19. The average molecular weight is 355 g/mol. The molecule has 0 radical (unpaired) electrons. The smallest absolute Gasteiger partial charge is 0.222 e. The van der Waals surface area contributed by atoms with Crippen LogP contribution in [0.5, 0.6) is 0 Å². The second-order valence-electron chi connectivity index (χ2n) is 4.95. The molecule has 0 aliphatic carbocycles. The number of aryl methyl sites for hydroxylation is 1. The van der Waals surface area contributed by atoms with E-state index in [4.69, 9.17) is 4.42 Å². The van der Waals surface area contributed by atoms with Gasteiger partial charge < -0.3 is 4.42 Å². The number of aromatic nitrogens is 4. The summed E-state index contributed by atoms with van der Waals surface area (Å²) < 4.78 is 8.67. The van der Waals surface area contributed by atoms with E-state index in [-0.39, 0.29) is 0 Å². The topological polar surface area (TPSA) is 56.7 Å². The minimum absolute atomic E-state index is 0.594. The van der Waals surface area contributed by atoms with Crippen LogP contribution in [0.4, 0.5) is 0 Å². The summed E-state index contributed by atoms with van der Waals surface area (Å²) in [5.41, 5.74) is 2.73. The largest absolute Gasteiger partial charge is 0.452 e. The summed E-state index contributed by atoms with van der Waals surface area (Å²) in [6.45, 7) is 2.01. The number of benzene rings is 2. The van der Waals surface area contributed by atoms with Crippen molar-refractivity contribution in [3.05, 3.63) is 58.6 Å². The number of rotatable bonds is 2. The van der Waals surface area contributed by atoms with Gasteiger partial charge in [-0.05, 0) is 47.7 Å². The van der Waals surface area contributed by atoms with E-state index in [1.54, 1.807) is 4.68 Å². The van der Waals surface area contributed by atoms with Crippen LogP contribution in [0.2, 0.25) is 0 Å². The van der Waals surface area contributed by atoms with Gasteiger partial charge in [-0.1, -0.05) is 34.1 Å². The van der Waals surface area contributed by atoms with E-state index in [9.17, 15) is 0 Å². The van der Waals surface area contributed by atoms with E-state index in [1.165, 1.54) is 0 Å². The van der Waals surface area contributed by atoms with E-state index >= 15 is 0 Å². The lowest BCUT2D eigenvalue weighted by Crippen LogP contribution is -1.99.